The van der Waals surface area contributed by atoms with E-state index >= 15 is 0 Å². The van der Waals surface area contributed by atoms with Crippen LogP contribution in [0.5, 0.6) is 0 Å². The van der Waals surface area contributed by atoms with E-state index < -0.39 is 0 Å². The minimum absolute atomic E-state index is 0.0387. The molecule has 2 aromatic heterocycles. The molecule has 0 unspecified atom stereocenters. The molecule has 0 fully saturated rings. The minimum Gasteiger partial charge on any atom is -0.324 e. The fourth-order valence-corrected chi connectivity index (χ4v) is 4.08. The van der Waals surface area contributed by atoms with Gasteiger partial charge in [-0.2, -0.15) is 5.10 Å². The molecule has 3 aromatic carbocycles. The fraction of sp³-hybridized carbons (Fsp3) is 0.172. The lowest BCUT2D eigenvalue weighted by atomic mass is 9.86. The monoisotopic (exact) mass is 476 g/mol. The first-order valence-electron chi connectivity index (χ1n) is 11.8. The van der Waals surface area contributed by atoms with Crippen molar-refractivity contribution in [2.24, 2.45) is 0 Å². The zero-order chi connectivity index (χ0) is 25.3. The Hall–Kier alpha value is -4.52. The van der Waals surface area contributed by atoms with Crippen LogP contribution in [-0.4, -0.2) is 26.1 Å². The van der Waals surface area contributed by atoms with Gasteiger partial charge in [-0.05, 0) is 65.9 Å². The Balaban J connectivity index is 1.36. The molecule has 1 amide bonds. The van der Waals surface area contributed by atoms with Gasteiger partial charge < -0.3 is 10.6 Å². The second-order valence-corrected chi connectivity index (χ2v) is 9.82. The SMILES string of the molecule is Cc1c(NC(=O)c2ccc(C(C)(C)C)cc2)cccc1-c1ccnc(Nc2ccc3cn[nH]c3c2)n1. The van der Waals surface area contributed by atoms with E-state index in [1.165, 1.54) is 5.56 Å². The largest absolute Gasteiger partial charge is 0.324 e. The lowest BCUT2D eigenvalue weighted by Gasteiger charge is -2.19. The van der Waals surface area contributed by atoms with E-state index in [0.717, 1.165) is 39.1 Å². The van der Waals surface area contributed by atoms with Gasteiger partial charge in [-0.3, -0.25) is 9.89 Å². The van der Waals surface area contributed by atoms with Gasteiger partial charge in [0.15, 0.2) is 0 Å². The van der Waals surface area contributed by atoms with Crippen LogP contribution in [0.4, 0.5) is 17.3 Å². The van der Waals surface area contributed by atoms with Gasteiger partial charge in [-0.1, -0.05) is 45.0 Å². The van der Waals surface area contributed by atoms with Crippen molar-refractivity contribution < 1.29 is 4.79 Å². The molecule has 180 valence electrons. The molecule has 0 saturated carbocycles. The van der Waals surface area contributed by atoms with Gasteiger partial charge in [0, 0.05) is 34.1 Å². The zero-order valence-corrected chi connectivity index (χ0v) is 20.8. The van der Waals surface area contributed by atoms with Crippen molar-refractivity contribution in [2.45, 2.75) is 33.1 Å². The van der Waals surface area contributed by atoms with Gasteiger partial charge in [0.25, 0.3) is 5.91 Å². The number of anilines is 3. The Morgan fingerprint density at radius 3 is 2.56 bits per heavy atom. The lowest BCUT2D eigenvalue weighted by Crippen LogP contribution is -2.15. The van der Waals surface area contributed by atoms with Crippen LogP contribution in [0, 0.1) is 6.92 Å². The molecule has 7 nitrogen and oxygen atoms in total. The van der Waals surface area contributed by atoms with Crippen LogP contribution in [0.3, 0.4) is 0 Å². The second-order valence-electron chi connectivity index (χ2n) is 9.82. The van der Waals surface area contributed by atoms with Gasteiger partial charge >= 0.3 is 0 Å². The van der Waals surface area contributed by atoms with E-state index in [1.54, 1.807) is 12.4 Å². The number of H-pyrrole nitrogens is 1. The summed E-state index contributed by atoms with van der Waals surface area (Å²) in [5.74, 6) is 0.342. The number of aromatic amines is 1. The normalized spacial score (nSPS) is 11.4. The highest BCUT2D eigenvalue weighted by molar-refractivity contribution is 6.05. The average molecular weight is 477 g/mol. The third kappa shape index (κ3) is 4.81. The molecular formula is C29H28N6O. The average Bonchev–Trinajstić information content (AvgIpc) is 3.33. The van der Waals surface area contributed by atoms with Gasteiger partial charge in [0.1, 0.15) is 0 Å². The summed E-state index contributed by atoms with van der Waals surface area (Å²) in [7, 11) is 0. The van der Waals surface area contributed by atoms with Crippen LogP contribution >= 0.6 is 0 Å². The van der Waals surface area contributed by atoms with Crippen LogP contribution in [0.1, 0.15) is 42.3 Å². The third-order valence-corrected chi connectivity index (χ3v) is 6.22. The lowest BCUT2D eigenvalue weighted by molar-refractivity contribution is 0.102. The molecule has 0 saturated heterocycles. The van der Waals surface area contributed by atoms with Crippen molar-refractivity contribution in [3.05, 3.63) is 95.8 Å². The molecule has 2 heterocycles. The van der Waals surface area contributed by atoms with E-state index in [-0.39, 0.29) is 11.3 Å². The van der Waals surface area contributed by atoms with Gasteiger partial charge in [0.2, 0.25) is 5.95 Å². The molecular weight excluding hydrogens is 448 g/mol. The number of benzene rings is 3. The van der Waals surface area contributed by atoms with Crippen LogP contribution in [0.2, 0.25) is 0 Å². The number of rotatable bonds is 5. The molecule has 0 aliphatic carbocycles. The molecule has 0 radical (unpaired) electrons. The summed E-state index contributed by atoms with van der Waals surface area (Å²) in [5, 5.41) is 14.4. The van der Waals surface area contributed by atoms with Crippen molar-refractivity contribution in [3.63, 3.8) is 0 Å². The maximum Gasteiger partial charge on any atom is 0.255 e. The van der Waals surface area contributed by atoms with Crippen molar-refractivity contribution in [1.82, 2.24) is 20.2 Å². The van der Waals surface area contributed by atoms with E-state index in [0.29, 0.717) is 11.5 Å². The second kappa shape index (κ2) is 9.26. The number of hydrogen-bond donors (Lipinski definition) is 3. The number of hydrogen-bond acceptors (Lipinski definition) is 5. The predicted octanol–water partition coefficient (Wildman–Crippen LogP) is 6.62. The summed E-state index contributed by atoms with van der Waals surface area (Å²) >= 11 is 0. The van der Waals surface area contributed by atoms with Crippen LogP contribution in [0.25, 0.3) is 22.2 Å². The number of nitrogens with one attached hydrogen (secondary N) is 3. The first-order valence-corrected chi connectivity index (χ1v) is 11.8. The predicted molar refractivity (Wildman–Crippen MR) is 145 cm³/mol. The summed E-state index contributed by atoms with van der Waals surface area (Å²) in [6.45, 7) is 8.45. The first-order chi connectivity index (χ1) is 17.3. The highest BCUT2D eigenvalue weighted by Gasteiger charge is 2.16. The molecule has 0 atom stereocenters. The van der Waals surface area contributed by atoms with Gasteiger partial charge in [-0.15, -0.1) is 0 Å². The maximum absolute atomic E-state index is 13.0. The number of nitrogens with zero attached hydrogens (tertiary/aromatic N) is 3. The summed E-state index contributed by atoms with van der Waals surface area (Å²) < 4.78 is 0. The number of amides is 1. The van der Waals surface area contributed by atoms with Gasteiger partial charge in [0.05, 0.1) is 17.4 Å². The summed E-state index contributed by atoms with van der Waals surface area (Å²) in [4.78, 5) is 22.0. The minimum atomic E-state index is -0.144. The number of carbonyl (C=O) groups is 1. The highest BCUT2D eigenvalue weighted by Crippen LogP contribution is 2.29. The smallest absolute Gasteiger partial charge is 0.255 e. The van der Waals surface area contributed by atoms with E-state index in [2.05, 4.69) is 46.6 Å². The van der Waals surface area contributed by atoms with Crippen LogP contribution < -0.4 is 10.6 Å². The maximum atomic E-state index is 13.0. The molecule has 5 rings (SSSR count). The van der Waals surface area contributed by atoms with E-state index in [4.69, 9.17) is 4.98 Å². The Labute approximate surface area is 210 Å². The van der Waals surface area contributed by atoms with Crippen molar-refractivity contribution >= 4 is 34.1 Å². The first kappa shape index (κ1) is 23.2. The molecule has 0 spiro atoms. The Kier molecular flexibility index (Phi) is 5.98. The molecule has 5 aromatic rings. The van der Waals surface area contributed by atoms with Crippen LogP contribution in [0.15, 0.2) is 79.1 Å². The topological polar surface area (TPSA) is 95.6 Å². The Bertz CT molecular complexity index is 1550. The van der Waals surface area contributed by atoms with Crippen molar-refractivity contribution in [1.29, 1.82) is 0 Å². The summed E-state index contributed by atoms with van der Waals surface area (Å²) in [5.41, 5.74) is 7.00. The standard InChI is InChI=1S/C29H28N6O/c1-18-23(6-5-7-24(18)33-27(36)19-8-11-21(12-9-19)29(2,3)4)25-14-15-30-28(34-25)32-22-13-10-20-17-31-35-26(20)16-22/h5-17H,1-4H3,(H,31,35)(H,33,36)(H,30,32,34). The third-order valence-electron chi connectivity index (χ3n) is 6.22. The Morgan fingerprint density at radius 2 is 1.78 bits per heavy atom. The zero-order valence-electron chi connectivity index (χ0n) is 20.8. The van der Waals surface area contributed by atoms with Gasteiger partial charge in [-0.25, -0.2) is 9.97 Å². The molecule has 0 bridgehead atoms. The summed E-state index contributed by atoms with van der Waals surface area (Å²) in [6.07, 6.45) is 3.51. The summed E-state index contributed by atoms with van der Waals surface area (Å²) in [6, 6.07) is 21.4. The van der Waals surface area contributed by atoms with Crippen LogP contribution in [-0.2, 0) is 5.41 Å². The molecule has 7 heteroatoms. The quantitative estimate of drug-likeness (QED) is 0.265. The van der Waals surface area contributed by atoms with Crippen molar-refractivity contribution in [3.8, 4) is 11.3 Å². The molecule has 0 aliphatic heterocycles. The van der Waals surface area contributed by atoms with Crippen molar-refractivity contribution in [2.75, 3.05) is 10.6 Å². The number of aromatic nitrogens is 4. The molecule has 0 aliphatic rings. The highest BCUT2D eigenvalue weighted by atomic mass is 16.1. The number of carbonyl (C=O) groups excluding carboxylic acids is 1. The fourth-order valence-electron chi connectivity index (χ4n) is 4.08. The molecule has 36 heavy (non-hydrogen) atoms. The number of fused-ring (bicyclic) bond motifs is 1. The molecule has 3 N–H and O–H groups in total. The van der Waals surface area contributed by atoms with E-state index in [9.17, 15) is 4.79 Å². The Morgan fingerprint density at radius 1 is 0.972 bits per heavy atom. The van der Waals surface area contributed by atoms with E-state index in [1.807, 2.05) is 73.7 Å².